The van der Waals surface area contributed by atoms with E-state index in [9.17, 15) is 0 Å². The Balaban J connectivity index is 1.97. The van der Waals surface area contributed by atoms with Crippen LogP contribution >= 0.6 is 0 Å². The molecule has 4 nitrogen and oxygen atoms in total. The van der Waals surface area contributed by atoms with E-state index in [2.05, 4.69) is 34.8 Å². The average molecular weight is 257 g/mol. The minimum Gasteiger partial charge on any atom is -0.493 e. The van der Waals surface area contributed by atoms with Crippen molar-refractivity contribution in [2.24, 2.45) is 7.05 Å². The molecule has 3 rings (SSSR count). The molecule has 0 fully saturated rings. The summed E-state index contributed by atoms with van der Waals surface area (Å²) in [6, 6.07) is 8.60. The van der Waals surface area contributed by atoms with E-state index in [1.165, 1.54) is 11.1 Å². The monoisotopic (exact) mass is 257 g/mol. The molecule has 0 saturated carbocycles. The predicted octanol–water partition coefficient (Wildman–Crippen LogP) is 2.25. The zero-order valence-electron chi connectivity index (χ0n) is 11.3. The molecule has 1 aromatic heterocycles. The molecule has 2 unspecified atom stereocenters. The van der Waals surface area contributed by atoms with Crippen molar-refractivity contribution in [2.45, 2.75) is 18.4 Å². The lowest BCUT2D eigenvalue weighted by Gasteiger charge is -2.31. The molecule has 2 aromatic rings. The molecule has 0 aliphatic carbocycles. The van der Waals surface area contributed by atoms with Crippen LogP contribution in [0.25, 0.3) is 0 Å². The fourth-order valence-electron chi connectivity index (χ4n) is 2.92. The van der Waals surface area contributed by atoms with Gasteiger partial charge < -0.3 is 10.1 Å². The maximum absolute atomic E-state index is 5.74. The van der Waals surface area contributed by atoms with E-state index in [4.69, 9.17) is 4.74 Å². The number of ether oxygens (including phenoxy) is 1. The van der Waals surface area contributed by atoms with E-state index in [-0.39, 0.29) is 6.04 Å². The topological polar surface area (TPSA) is 39.1 Å². The summed E-state index contributed by atoms with van der Waals surface area (Å²) in [5.41, 5.74) is 2.52. The number of nitrogens with one attached hydrogen (secondary N) is 1. The summed E-state index contributed by atoms with van der Waals surface area (Å²) in [6.07, 6.45) is 5.05. The molecular weight excluding hydrogens is 238 g/mol. The Bertz CT molecular complexity index is 564. The maximum Gasteiger partial charge on any atom is 0.122 e. The summed E-state index contributed by atoms with van der Waals surface area (Å²) < 4.78 is 7.59. The summed E-state index contributed by atoms with van der Waals surface area (Å²) in [4.78, 5) is 0. The van der Waals surface area contributed by atoms with Crippen molar-refractivity contribution in [2.75, 3.05) is 13.7 Å². The van der Waals surface area contributed by atoms with E-state index in [1.54, 1.807) is 0 Å². The van der Waals surface area contributed by atoms with Gasteiger partial charge in [-0.3, -0.25) is 4.68 Å². The second-order valence-corrected chi connectivity index (χ2v) is 5.00. The third-order valence-electron chi connectivity index (χ3n) is 3.80. The van der Waals surface area contributed by atoms with Gasteiger partial charge in [0, 0.05) is 30.8 Å². The lowest BCUT2D eigenvalue weighted by atomic mass is 9.84. The van der Waals surface area contributed by atoms with Crippen molar-refractivity contribution >= 4 is 0 Å². The molecule has 2 atom stereocenters. The van der Waals surface area contributed by atoms with Crippen LogP contribution < -0.4 is 10.1 Å². The molecule has 100 valence electrons. The first-order valence-corrected chi connectivity index (χ1v) is 6.67. The highest BCUT2D eigenvalue weighted by molar-refractivity contribution is 5.39. The number of hydrogen-bond acceptors (Lipinski definition) is 3. The second-order valence-electron chi connectivity index (χ2n) is 5.00. The smallest absolute Gasteiger partial charge is 0.122 e. The minimum atomic E-state index is 0.277. The minimum absolute atomic E-state index is 0.277. The number of aromatic nitrogens is 2. The van der Waals surface area contributed by atoms with E-state index >= 15 is 0 Å². The van der Waals surface area contributed by atoms with Crippen LogP contribution in [0.5, 0.6) is 5.75 Å². The summed E-state index contributed by atoms with van der Waals surface area (Å²) >= 11 is 0. The van der Waals surface area contributed by atoms with Gasteiger partial charge in [-0.2, -0.15) is 5.10 Å². The van der Waals surface area contributed by atoms with E-state index in [0.717, 1.165) is 18.8 Å². The number of hydrogen-bond donors (Lipinski definition) is 1. The number of para-hydroxylation sites is 1. The van der Waals surface area contributed by atoms with Gasteiger partial charge in [0.2, 0.25) is 0 Å². The number of rotatable bonds is 3. The van der Waals surface area contributed by atoms with Crippen LogP contribution in [-0.4, -0.2) is 23.4 Å². The maximum atomic E-state index is 5.74. The van der Waals surface area contributed by atoms with Gasteiger partial charge in [0.05, 0.1) is 12.8 Å². The molecule has 0 amide bonds. The first-order chi connectivity index (χ1) is 9.29. The largest absolute Gasteiger partial charge is 0.493 e. The SMILES string of the molecule is CNC(c1cnn(C)c1)C1CCOc2ccccc21. The van der Waals surface area contributed by atoms with Crippen molar-refractivity contribution < 1.29 is 4.74 Å². The molecule has 2 heterocycles. The van der Waals surface area contributed by atoms with Crippen molar-refractivity contribution in [3.8, 4) is 5.75 Å². The number of nitrogens with zero attached hydrogens (tertiary/aromatic N) is 2. The Hall–Kier alpha value is -1.81. The molecule has 0 saturated heterocycles. The molecule has 4 heteroatoms. The van der Waals surface area contributed by atoms with Crippen LogP contribution in [0.4, 0.5) is 0 Å². The number of benzene rings is 1. The molecule has 0 bridgehead atoms. The second kappa shape index (κ2) is 5.05. The van der Waals surface area contributed by atoms with Gasteiger partial charge in [-0.05, 0) is 25.1 Å². The fraction of sp³-hybridized carbons (Fsp3) is 0.400. The Kier molecular flexibility index (Phi) is 3.25. The molecule has 1 aliphatic rings. The zero-order valence-corrected chi connectivity index (χ0v) is 11.3. The standard InChI is InChI=1S/C15H19N3O/c1-16-15(11-9-17-18(2)10-11)13-7-8-19-14-6-4-3-5-12(13)14/h3-6,9-10,13,15-16H,7-8H2,1-2H3. The molecule has 19 heavy (non-hydrogen) atoms. The number of aryl methyl sites for hydroxylation is 1. The first-order valence-electron chi connectivity index (χ1n) is 6.67. The third kappa shape index (κ3) is 2.24. The van der Waals surface area contributed by atoms with Gasteiger partial charge in [-0.15, -0.1) is 0 Å². The highest BCUT2D eigenvalue weighted by Gasteiger charge is 2.29. The van der Waals surface area contributed by atoms with Crippen molar-refractivity contribution in [3.63, 3.8) is 0 Å². The molecule has 0 radical (unpaired) electrons. The van der Waals surface area contributed by atoms with Gasteiger partial charge in [-0.1, -0.05) is 18.2 Å². The molecule has 1 aromatic carbocycles. The van der Waals surface area contributed by atoms with E-state index < -0.39 is 0 Å². The Labute approximate surface area is 113 Å². The average Bonchev–Trinajstić information content (AvgIpc) is 2.86. The van der Waals surface area contributed by atoms with Crippen LogP contribution in [0.15, 0.2) is 36.7 Å². The van der Waals surface area contributed by atoms with Gasteiger partial charge in [-0.25, -0.2) is 0 Å². The van der Waals surface area contributed by atoms with Crippen LogP contribution in [0.2, 0.25) is 0 Å². The van der Waals surface area contributed by atoms with Gasteiger partial charge in [0.1, 0.15) is 5.75 Å². The first kappa shape index (κ1) is 12.2. The lowest BCUT2D eigenvalue weighted by molar-refractivity contribution is 0.248. The summed E-state index contributed by atoms with van der Waals surface area (Å²) in [5.74, 6) is 1.45. The van der Waals surface area contributed by atoms with Gasteiger partial charge in [0.25, 0.3) is 0 Å². The number of likely N-dealkylation sites (N-methyl/N-ethyl adjacent to an activating group) is 1. The van der Waals surface area contributed by atoms with Gasteiger partial charge in [0.15, 0.2) is 0 Å². The van der Waals surface area contributed by atoms with Crippen LogP contribution in [0.1, 0.15) is 29.5 Å². The fourth-order valence-corrected chi connectivity index (χ4v) is 2.92. The Morgan fingerprint density at radius 2 is 2.26 bits per heavy atom. The van der Waals surface area contributed by atoms with Crippen LogP contribution in [0, 0.1) is 0 Å². The Morgan fingerprint density at radius 1 is 1.42 bits per heavy atom. The summed E-state index contributed by atoms with van der Waals surface area (Å²) in [5, 5.41) is 7.72. The molecular formula is C15H19N3O. The summed E-state index contributed by atoms with van der Waals surface area (Å²) in [7, 11) is 3.96. The predicted molar refractivity (Wildman–Crippen MR) is 74.3 cm³/mol. The summed E-state index contributed by atoms with van der Waals surface area (Å²) in [6.45, 7) is 0.778. The zero-order chi connectivity index (χ0) is 13.2. The normalized spacial score (nSPS) is 19.6. The highest BCUT2D eigenvalue weighted by atomic mass is 16.5. The quantitative estimate of drug-likeness (QED) is 0.916. The van der Waals surface area contributed by atoms with E-state index in [1.807, 2.05) is 31.0 Å². The molecule has 1 aliphatic heterocycles. The van der Waals surface area contributed by atoms with Gasteiger partial charge >= 0.3 is 0 Å². The third-order valence-corrected chi connectivity index (χ3v) is 3.80. The molecule has 0 spiro atoms. The van der Waals surface area contributed by atoms with Crippen molar-refractivity contribution in [1.29, 1.82) is 0 Å². The lowest BCUT2D eigenvalue weighted by Crippen LogP contribution is -2.27. The number of fused-ring (bicyclic) bond motifs is 1. The van der Waals surface area contributed by atoms with E-state index in [0.29, 0.717) is 5.92 Å². The van der Waals surface area contributed by atoms with Crippen LogP contribution in [-0.2, 0) is 7.05 Å². The van der Waals surface area contributed by atoms with Crippen molar-refractivity contribution in [3.05, 3.63) is 47.8 Å². The Morgan fingerprint density at radius 3 is 3.00 bits per heavy atom. The van der Waals surface area contributed by atoms with Crippen molar-refractivity contribution in [1.82, 2.24) is 15.1 Å². The highest BCUT2D eigenvalue weighted by Crippen LogP contribution is 2.40. The van der Waals surface area contributed by atoms with Crippen LogP contribution in [0.3, 0.4) is 0 Å². The molecule has 1 N–H and O–H groups in total.